The Kier molecular flexibility index (Phi) is 3.16. The van der Waals surface area contributed by atoms with E-state index in [-0.39, 0.29) is 5.56 Å². The van der Waals surface area contributed by atoms with Crippen LogP contribution in [-0.4, -0.2) is 4.57 Å². The molecule has 0 saturated carbocycles. The molecule has 1 aromatic heterocycles. The van der Waals surface area contributed by atoms with Crippen LogP contribution in [0.15, 0.2) is 29.2 Å². The fourth-order valence-electron chi connectivity index (χ4n) is 0.997. The zero-order valence-electron chi connectivity index (χ0n) is 6.86. The van der Waals surface area contributed by atoms with Gasteiger partial charge in [-0.1, -0.05) is 6.07 Å². The van der Waals surface area contributed by atoms with E-state index in [4.69, 9.17) is 6.42 Å². The third kappa shape index (κ3) is 2.28. The maximum Gasteiger partial charge on any atom is 0.250 e. The van der Waals surface area contributed by atoms with E-state index in [0.717, 1.165) is 12.8 Å². The maximum absolute atomic E-state index is 11.1. The molecule has 1 rings (SSSR count). The summed E-state index contributed by atoms with van der Waals surface area (Å²) in [6.45, 7) is 0.712. The fourth-order valence-corrected chi connectivity index (χ4v) is 0.997. The molecule has 2 heteroatoms. The minimum absolute atomic E-state index is 0.0366. The zero-order chi connectivity index (χ0) is 8.81. The lowest BCUT2D eigenvalue weighted by atomic mass is 10.3. The molecule has 0 amide bonds. The van der Waals surface area contributed by atoms with E-state index in [0.29, 0.717) is 6.54 Å². The highest BCUT2D eigenvalue weighted by atomic mass is 16.1. The number of unbranched alkanes of at least 4 members (excludes halogenated alkanes) is 1. The van der Waals surface area contributed by atoms with Crippen LogP contribution in [0, 0.1) is 12.3 Å². The molecule has 0 aliphatic carbocycles. The Morgan fingerprint density at radius 1 is 1.50 bits per heavy atom. The molecule has 0 fully saturated rings. The van der Waals surface area contributed by atoms with Gasteiger partial charge in [-0.3, -0.25) is 4.79 Å². The van der Waals surface area contributed by atoms with Crippen LogP contribution in [0.3, 0.4) is 0 Å². The Labute approximate surface area is 71.8 Å². The molecule has 0 spiro atoms. The first-order chi connectivity index (χ1) is 5.84. The molecule has 0 saturated heterocycles. The van der Waals surface area contributed by atoms with Gasteiger partial charge in [0, 0.05) is 25.2 Å². The van der Waals surface area contributed by atoms with Gasteiger partial charge in [0.1, 0.15) is 0 Å². The quantitative estimate of drug-likeness (QED) is 0.483. The van der Waals surface area contributed by atoms with Crippen LogP contribution >= 0.6 is 0 Å². The Bertz CT molecular complexity index is 332. The molecule has 0 aliphatic heterocycles. The Morgan fingerprint density at radius 2 is 2.33 bits per heavy atom. The van der Waals surface area contributed by atoms with Crippen LogP contribution in [0.2, 0.25) is 0 Å². The van der Waals surface area contributed by atoms with Crippen LogP contribution in [-0.2, 0) is 6.54 Å². The van der Waals surface area contributed by atoms with E-state index in [1.807, 2.05) is 6.07 Å². The summed E-state index contributed by atoms with van der Waals surface area (Å²) in [5.74, 6) is 2.54. The van der Waals surface area contributed by atoms with Crippen molar-refractivity contribution in [1.82, 2.24) is 4.57 Å². The molecule has 0 aromatic carbocycles. The summed E-state index contributed by atoms with van der Waals surface area (Å²) in [5, 5.41) is 0. The number of rotatable bonds is 3. The largest absolute Gasteiger partial charge is 0.316 e. The average molecular weight is 161 g/mol. The van der Waals surface area contributed by atoms with Crippen molar-refractivity contribution >= 4 is 0 Å². The third-order valence-electron chi connectivity index (χ3n) is 1.62. The summed E-state index contributed by atoms with van der Waals surface area (Å²) in [6, 6.07) is 5.13. The minimum atomic E-state index is 0.0366. The topological polar surface area (TPSA) is 22.0 Å². The molecule has 62 valence electrons. The van der Waals surface area contributed by atoms with E-state index in [1.165, 1.54) is 0 Å². The van der Waals surface area contributed by atoms with Crippen LogP contribution in [0.5, 0.6) is 0 Å². The number of hydrogen-bond donors (Lipinski definition) is 0. The molecule has 0 N–H and O–H groups in total. The number of nitrogens with zero attached hydrogens (tertiary/aromatic N) is 1. The van der Waals surface area contributed by atoms with Crippen molar-refractivity contribution < 1.29 is 0 Å². The van der Waals surface area contributed by atoms with Gasteiger partial charge in [0.15, 0.2) is 0 Å². The minimum Gasteiger partial charge on any atom is -0.316 e. The third-order valence-corrected chi connectivity index (χ3v) is 1.62. The van der Waals surface area contributed by atoms with Gasteiger partial charge in [-0.15, -0.1) is 12.3 Å². The normalized spacial score (nSPS) is 9.25. The Morgan fingerprint density at radius 3 is 3.00 bits per heavy atom. The highest BCUT2D eigenvalue weighted by molar-refractivity contribution is 4.93. The van der Waals surface area contributed by atoms with E-state index in [9.17, 15) is 4.79 Å². The number of hydrogen-bond acceptors (Lipinski definition) is 1. The molecule has 0 atom stereocenters. The lowest BCUT2D eigenvalue weighted by molar-refractivity contribution is 0.633. The summed E-state index contributed by atoms with van der Waals surface area (Å²) >= 11 is 0. The zero-order valence-corrected chi connectivity index (χ0v) is 6.86. The standard InChI is InChI=1S/C10H11NO/c1-2-3-5-8-11-9-6-4-7-10(11)12/h1,4,6-7,9H,3,5,8H2. The summed E-state index contributed by atoms with van der Waals surface area (Å²) in [4.78, 5) is 11.1. The maximum atomic E-state index is 11.1. The average Bonchev–Trinajstić information content (AvgIpc) is 2.09. The van der Waals surface area contributed by atoms with Crippen LogP contribution in [0.25, 0.3) is 0 Å². The van der Waals surface area contributed by atoms with Crippen LogP contribution in [0.4, 0.5) is 0 Å². The van der Waals surface area contributed by atoms with Gasteiger partial charge in [0.05, 0.1) is 0 Å². The summed E-state index contributed by atoms with van der Waals surface area (Å²) in [5.41, 5.74) is 0.0366. The van der Waals surface area contributed by atoms with Crippen LogP contribution < -0.4 is 5.56 Å². The Balaban J connectivity index is 2.59. The first kappa shape index (κ1) is 8.61. The molecule has 2 nitrogen and oxygen atoms in total. The van der Waals surface area contributed by atoms with Gasteiger partial charge in [-0.2, -0.15) is 0 Å². The van der Waals surface area contributed by atoms with Gasteiger partial charge in [-0.25, -0.2) is 0 Å². The van der Waals surface area contributed by atoms with Gasteiger partial charge in [0.2, 0.25) is 5.56 Å². The van der Waals surface area contributed by atoms with Crippen LogP contribution in [0.1, 0.15) is 12.8 Å². The number of pyridine rings is 1. The SMILES string of the molecule is C#CCCCn1ccccc1=O. The Hall–Kier alpha value is -1.49. The van der Waals surface area contributed by atoms with Crippen molar-refractivity contribution in [1.29, 1.82) is 0 Å². The lowest BCUT2D eigenvalue weighted by Crippen LogP contribution is -2.17. The number of aromatic nitrogens is 1. The number of aryl methyl sites for hydroxylation is 1. The second kappa shape index (κ2) is 4.40. The molecule has 0 radical (unpaired) electrons. The first-order valence-electron chi connectivity index (χ1n) is 3.93. The van der Waals surface area contributed by atoms with Gasteiger partial charge in [-0.05, 0) is 12.5 Å². The molecule has 1 heterocycles. The molecular formula is C10H11NO. The van der Waals surface area contributed by atoms with Crippen molar-refractivity contribution in [2.45, 2.75) is 19.4 Å². The lowest BCUT2D eigenvalue weighted by Gasteiger charge is -2.01. The molecular weight excluding hydrogens is 150 g/mol. The van der Waals surface area contributed by atoms with E-state index >= 15 is 0 Å². The second-order valence-electron chi connectivity index (χ2n) is 2.54. The highest BCUT2D eigenvalue weighted by Gasteiger charge is 1.91. The second-order valence-corrected chi connectivity index (χ2v) is 2.54. The summed E-state index contributed by atoms with van der Waals surface area (Å²) in [6.07, 6.45) is 8.46. The highest BCUT2D eigenvalue weighted by Crippen LogP contribution is 1.90. The molecule has 0 bridgehead atoms. The predicted molar refractivity (Wildman–Crippen MR) is 48.8 cm³/mol. The molecule has 0 aliphatic rings. The fraction of sp³-hybridized carbons (Fsp3) is 0.300. The van der Waals surface area contributed by atoms with Gasteiger partial charge >= 0.3 is 0 Å². The molecule has 12 heavy (non-hydrogen) atoms. The summed E-state index contributed by atoms with van der Waals surface area (Å²) in [7, 11) is 0. The van der Waals surface area contributed by atoms with Crippen molar-refractivity contribution in [3.05, 3.63) is 34.7 Å². The molecule has 0 unspecified atom stereocenters. The van der Waals surface area contributed by atoms with Gasteiger partial charge in [0.25, 0.3) is 0 Å². The van der Waals surface area contributed by atoms with Crippen molar-refractivity contribution in [2.75, 3.05) is 0 Å². The molecule has 1 aromatic rings. The summed E-state index contributed by atoms with van der Waals surface area (Å²) < 4.78 is 1.66. The smallest absolute Gasteiger partial charge is 0.250 e. The van der Waals surface area contributed by atoms with Crippen molar-refractivity contribution in [3.8, 4) is 12.3 Å². The predicted octanol–water partition coefficient (Wildman–Crippen LogP) is 1.26. The van der Waals surface area contributed by atoms with Crippen molar-refractivity contribution in [2.24, 2.45) is 0 Å². The number of terminal acetylenes is 1. The van der Waals surface area contributed by atoms with E-state index in [2.05, 4.69) is 5.92 Å². The van der Waals surface area contributed by atoms with E-state index in [1.54, 1.807) is 22.9 Å². The van der Waals surface area contributed by atoms with Crippen molar-refractivity contribution in [3.63, 3.8) is 0 Å². The van der Waals surface area contributed by atoms with Gasteiger partial charge < -0.3 is 4.57 Å². The van der Waals surface area contributed by atoms with E-state index < -0.39 is 0 Å². The monoisotopic (exact) mass is 161 g/mol. The first-order valence-corrected chi connectivity index (χ1v) is 3.93.